The van der Waals surface area contributed by atoms with E-state index in [1.54, 1.807) is 0 Å². The number of halogens is 4. The molecule has 1 amide bonds. The number of benzene rings is 2. The van der Waals surface area contributed by atoms with Crippen molar-refractivity contribution in [2.24, 2.45) is 0 Å². The number of nitrogens with one attached hydrogen (secondary N) is 1. The SMILES string of the molecule is O=C(Nc1ccnn1Cc1ccc(C(F)(F)F)cc1)c1ccccc1F. The highest BCUT2D eigenvalue weighted by molar-refractivity contribution is 6.03. The van der Waals surface area contributed by atoms with Crippen LogP contribution >= 0.6 is 0 Å². The Morgan fingerprint density at radius 1 is 1.04 bits per heavy atom. The molecule has 0 unspecified atom stereocenters. The molecule has 8 heteroatoms. The van der Waals surface area contributed by atoms with Crippen molar-refractivity contribution < 1.29 is 22.4 Å². The molecule has 0 radical (unpaired) electrons. The van der Waals surface area contributed by atoms with Gasteiger partial charge in [0.2, 0.25) is 0 Å². The van der Waals surface area contributed by atoms with Gasteiger partial charge in [0.25, 0.3) is 5.91 Å². The average molecular weight is 363 g/mol. The predicted molar refractivity (Wildman–Crippen MR) is 87.1 cm³/mol. The summed E-state index contributed by atoms with van der Waals surface area (Å²) in [5, 5.41) is 6.58. The van der Waals surface area contributed by atoms with E-state index in [1.165, 1.54) is 53.3 Å². The summed E-state index contributed by atoms with van der Waals surface area (Å²) < 4.78 is 52.9. The molecule has 0 fully saturated rings. The lowest BCUT2D eigenvalue weighted by Gasteiger charge is -2.11. The van der Waals surface area contributed by atoms with E-state index in [9.17, 15) is 22.4 Å². The van der Waals surface area contributed by atoms with E-state index < -0.39 is 23.5 Å². The van der Waals surface area contributed by atoms with Crippen molar-refractivity contribution in [1.29, 1.82) is 0 Å². The summed E-state index contributed by atoms with van der Waals surface area (Å²) in [5.74, 6) is -0.991. The molecule has 134 valence electrons. The fourth-order valence-electron chi connectivity index (χ4n) is 2.37. The van der Waals surface area contributed by atoms with Crippen molar-refractivity contribution in [3.8, 4) is 0 Å². The van der Waals surface area contributed by atoms with E-state index >= 15 is 0 Å². The molecular formula is C18H13F4N3O. The minimum atomic E-state index is -4.40. The number of carbonyl (C=O) groups excluding carboxylic acids is 1. The summed E-state index contributed by atoms with van der Waals surface area (Å²) in [7, 11) is 0. The molecule has 26 heavy (non-hydrogen) atoms. The van der Waals surface area contributed by atoms with E-state index in [2.05, 4.69) is 10.4 Å². The van der Waals surface area contributed by atoms with E-state index in [-0.39, 0.29) is 12.1 Å². The van der Waals surface area contributed by atoms with Crippen LogP contribution in [-0.4, -0.2) is 15.7 Å². The number of hydrogen-bond donors (Lipinski definition) is 1. The molecule has 1 aromatic heterocycles. The molecule has 1 heterocycles. The Bertz CT molecular complexity index is 917. The van der Waals surface area contributed by atoms with Gasteiger partial charge in [0.05, 0.1) is 23.9 Å². The van der Waals surface area contributed by atoms with Crippen LogP contribution in [0.25, 0.3) is 0 Å². The van der Waals surface area contributed by atoms with Crippen LogP contribution in [0.15, 0.2) is 60.8 Å². The summed E-state index contributed by atoms with van der Waals surface area (Å²) in [6.45, 7) is 0.151. The maximum absolute atomic E-state index is 13.7. The summed E-state index contributed by atoms with van der Waals surface area (Å²) in [4.78, 5) is 12.2. The minimum Gasteiger partial charge on any atom is -0.307 e. The molecule has 0 atom stereocenters. The van der Waals surface area contributed by atoms with Gasteiger partial charge in [-0.3, -0.25) is 4.79 Å². The Labute approximate surface area is 146 Å². The highest BCUT2D eigenvalue weighted by Gasteiger charge is 2.29. The zero-order chi connectivity index (χ0) is 18.7. The monoisotopic (exact) mass is 363 g/mol. The number of rotatable bonds is 4. The topological polar surface area (TPSA) is 46.9 Å². The number of carbonyl (C=O) groups is 1. The van der Waals surface area contributed by atoms with Crippen molar-refractivity contribution in [2.45, 2.75) is 12.7 Å². The first kappa shape index (κ1) is 17.7. The van der Waals surface area contributed by atoms with Crippen LogP contribution in [0.2, 0.25) is 0 Å². The zero-order valence-electron chi connectivity index (χ0n) is 13.3. The van der Waals surface area contributed by atoms with E-state index in [0.717, 1.165) is 12.1 Å². The van der Waals surface area contributed by atoms with E-state index in [0.29, 0.717) is 11.4 Å². The number of aromatic nitrogens is 2. The molecule has 4 nitrogen and oxygen atoms in total. The van der Waals surface area contributed by atoms with Crippen LogP contribution in [0.4, 0.5) is 23.4 Å². The fraction of sp³-hybridized carbons (Fsp3) is 0.111. The molecular weight excluding hydrogens is 350 g/mol. The number of alkyl halides is 3. The molecule has 0 aliphatic heterocycles. The van der Waals surface area contributed by atoms with Crippen molar-refractivity contribution in [2.75, 3.05) is 5.32 Å². The van der Waals surface area contributed by atoms with Gasteiger partial charge in [-0.25, -0.2) is 9.07 Å². The van der Waals surface area contributed by atoms with Crippen LogP contribution in [0.3, 0.4) is 0 Å². The van der Waals surface area contributed by atoms with Crippen LogP contribution in [-0.2, 0) is 12.7 Å². The van der Waals surface area contributed by atoms with Gasteiger partial charge in [-0.2, -0.15) is 18.3 Å². The molecule has 0 saturated heterocycles. The first-order chi connectivity index (χ1) is 12.3. The Morgan fingerprint density at radius 2 is 1.73 bits per heavy atom. The van der Waals surface area contributed by atoms with Crippen molar-refractivity contribution in [3.05, 3.63) is 83.3 Å². The second-order valence-electron chi connectivity index (χ2n) is 5.50. The second kappa shape index (κ2) is 6.99. The Hall–Kier alpha value is -3.16. The fourth-order valence-corrected chi connectivity index (χ4v) is 2.37. The van der Waals surface area contributed by atoms with Crippen molar-refractivity contribution in [3.63, 3.8) is 0 Å². The molecule has 1 N–H and O–H groups in total. The Balaban J connectivity index is 1.75. The molecule has 2 aromatic carbocycles. The largest absolute Gasteiger partial charge is 0.416 e. The summed E-state index contributed by atoms with van der Waals surface area (Å²) in [6, 6.07) is 11.7. The number of nitrogens with zero attached hydrogens (tertiary/aromatic N) is 2. The van der Waals surface area contributed by atoms with Crippen LogP contribution in [0, 0.1) is 5.82 Å². The maximum atomic E-state index is 13.7. The predicted octanol–water partition coefficient (Wildman–Crippen LogP) is 4.34. The lowest BCUT2D eigenvalue weighted by Crippen LogP contribution is -2.17. The third kappa shape index (κ3) is 3.90. The molecule has 0 aliphatic carbocycles. The minimum absolute atomic E-state index is 0.116. The average Bonchev–Trinajstić information content (AvgIpc) is 3.01. The molecule has 3 aromatic rings. The standard InChI is InChI=1S/C18H13F4N3O/c19-15-4-2-1-3-14(15)17(26)24-16-9-10-23-25(16)11-12-5-7-13(8-6-12)18(20,21)22/h1-10H,11H2,(H,24,26). The normalized spacial score (nSPS) is 11.4. The van der Waals surface area contributed by atoms with E-state index in [1.807, 2.05) is 0 Å². The highest BCUT2D eigenvalue weighted by Crippen LogP contribution is 2.29. The number of hydrogen-bond acceptors (Lipinski definition) is 2. The highest BCUT2D eigenvalue weighted by atomic mass is 19.4. The number of anilines is 1. The Kier molecular flexibility index (Phi) is 4.75. The van der Waals surface area contributed by atoms with Crippen LogP contribution in [0.1, 0.15) is 21.5 Å². The van der Waals surface area contributed by atoms with Gasteiger partial charge < -0.3 is 5.32 Å². The quantitative estimate of drug-likeness (QED) is 0.701. The summed E-state index contributed by atoms with van der Waals surface area (Å²) in [5.41, 5.74) is -0.285. The van der Waals surface area contributed by atoms with Gasteiger partial charge >= 0.3 is 6.18 Å². The third-order valence-electron chi connectivity index (χ3n) is 3.69. The van der Waals surface area contributed by atoms with Gasteiger partial charge in [0.15, 0.2) is 0 Å². The molecule has 0 aliphatic rings. The molecule has 3 rings (SSSR count). The molecule has 0 saturated carbocycles. The number of amides is 1. The van der Waals surface area contributed by atoms with Crippen molar-refractivity contribution >= 4 is 11.7 Å². The lowest BCUT2D eigenvalue weighted by atomic mass is 10.1. The van der Waals surface area contributed by atoms with Gasteiger partial charge in [0, 0.05) is 6.07 Å². The molecule has 0 spiro atoms. The van der Waals surface area contributed by atoms with E-state index in [4.69, 9.17) is 0 Å². The summed E-state index contributed by atoms with van der Waals surface area (Å²) >= 11 is 0. The Morgan fingerprint density at radius 3 is 2.38 bits per heavy atom. The smallest absolute Gasteiger partial charge is 0.307 e. The first-order valence-electron chi connectivity index (χ1n) is 7.58. The third-order valence-corrected chi connectivity index (χ3v) is 3.69. The molecule has 0 bridgehead atoms. The second-order valence-corrected chi connectivity index (χ2v) is 5.50. The van der Waals surface area contributed by atoms with Crippen molar-refractivity contribution in [1.82, 2.24) is 9.78 Å². The van der Waals surface area contributed by atoms with Crippen LogP contribution in [0.5, 0.6) is 0 Å². The van der Waals surface area contributed by atoms with Gasteiger partial charge in [-0.05, 0) is 29.8 Å². The zero-order valence-corrected chi connectivity index (χ0v) is 13.3. The first-order valence-corrected chi connectivity index (χ1v) is 7.58. The van der Waals surface area contributed by atoms with Gasteiger partial charge in [-0.1, -0.05) is 24.3 Å². The summed E-state index contributed by atoms with van der Waals surface area (Å²) in [6.07, 6.45) is -2.97. The van der Waals surface area contributed by atoms with Gasteiger partial charge in [-0.15, -0.1) is 0 Å². The lowest BCUT2D eigenvalue weighted by molar-refractivity contribution is -0.137. The maximum Gasteiger partial charge on any atom is 0.416 e. The van der Waals surface area contributed by atoms with Crippen LogP contribution < -0.4 is 5.32 Å². The van der Waals surface area contributed by atoms with Gasteiger partial charge in [0.1, 0.15) is 11.6 Å².